The molecule has 0 aliphatic carbocycles. The van der Waals surface area contributed by atoms with E-state index in [2.05, 4.69) is 17.4 Å². The first kappa shape index (κ1) is 11.5. The van der Waals surface area contributed by atoms with Gasteiger partial charge in [-0.25, -0.2) is 5.01 Å². The summed E-state index contributed by atoms with van der Waals surface area (Å²) in [6, 6.07) is 0. The van der Waals surface area contributed by atoms with Crippen molar-refractivity contribution in [1.82, 2.24) is 15.3 Å². The summed E-state index contributed by atoms with van der Waals surface area (Å²) in [7, 11) is 5.81. The molecular weight excluding hydrogens is 178 g/mol. The number of nitrogens with one attached hydrogen (secondary N) is 1. The van der Waals surface area contributed by atoms with Crippen molar-refractivity contribution < 1.29 is 4.79 Å². The largest absolute Gasteiger partial charge is 0.306 e. The standard InChI is InChI=1S/C10H21N3O/c1-12(2)11-10(14)5-4-9-6-7-13(3)8-9/h9H,4-8H2,1-3H3,(H,11,14). The Kier molecular flexibility index (Phi) is 4.35. The summed E-state index contributed by atoms with van der Waals surface area (Å²) < 4.78 is 0. The molecule has 14 heavy (non-hydrogen) atoms. The molecule has 0 spiro atoms. The lowest BCUT2D eigenvalue weighted by molar-refractivity contribution is -0.125. The molecule has 4 nitrogen and oxygen atoms in total. The lowest BCUT2D eigenvalue weighted by atomic mass is 10.0. The van der Waals surface area contributed by atoms with E-state index in [1.165, 1.54) is 13.0 Å². The number of likely N-dealkylation sites (tertiary alicyclic amines) is 1. The molecule has 1 aliphatic heterocycles. The van der Waals surface area contributed by atoms with Crippen molar-refractivity contribution >= 4 is 5.91 Å². The van der Waals surface area contributed by atoms with Crippen LogP contribution in [0.4, 0.5) is 0 Å². The maximum Gasteiger partial charge on any atom is 0.234 e. The van der Waals surface area contributed by atoms with Crippen LogP contribution >= 0.6 is 0 Å². The Bertz CT molecular complexity index is 194. The number of amides is 1. The summed E-state index contributed by atoms with van der Waals surface area (Å²) in [5.41, 5.74) is 2.76. The maximum absolute atomic E-state index is 11.3. The second-order valence-corrected chi connectivity index (χ2v) is 4.39. The molecule has 1 heterocycles. The molecule has 0 aromatic rings. The van der Waals surface area contributed by atoms with Crippen LogP contribution in [0.2, 0.25) is 0 Å². The van der Waals surface area contributed by atoms with Gasteiger partial charge in [0.2, 0.25) is 5.91 Å². The molecule has 1 unspecified atom stereocenters. The first-order valence-electron chi connectivity index (χ1n) is 5.23. The Labute approximate surface area is 86.2 Å². The lowest BCUT2D eigenvalue weighted by Gasteiger charge is -2.13. The van der Waals surface area contributed by atoms with Gasteiger partial charge in [-0.3, -0.25) is 10.2 Å². The molecule has 1 rings (SSSR count). The summed E-state index contributed by atoms with van der Waals surface area (Å²) in [5.74, 6) is 0.845. The summed E-state index contributed by atoms with van der Waals surface area (Å²) in [5, 5.41) is 1.70. The van der Waals surface area contributed by atoms with Gasteiger partial charge in [0.25, 0.3) is 0 Å². The minimum Gasteiger partial charge on any atom is -0.306 e. The van der Waals surface area contributed by atoms with E-state index < -0.39 is 0 Å². The predicted molar refractivity (Wildman–Crippen MR) is 56.7 cm³/mol. The highest BCUT2D eigenvalue weighted by molar-refractivity contribution is 5.75. The Balaban J connectivity index is 2.11. The Morgan fingerprint density at radius 2 is 2.29 bits per heavy atom. The molecule has 1 fully saturated rings. The number of nitrogens with zero attached hydrogens (tertiary/aromatic N) is 2. The van der Waals surface area contributed by atoms with Gasteiger partial charge in [-0.2, -0.15) is 0 Å². The number of hydrazine groups is 1. The number of hydrogen-bond acceptors (Lipinski definition) is 3. The lowest BCUT2D eigenvalue weighted by Crippen LogP contribution is -2.36. The van der Waals surface area contributed by atoms with Crippen LogP contribution in [0.15, 0.2) is 0 Å². The SMILES string of the molecule is CN1CCC(CCC(=O)NN(C)C)C1. The smallest absolute Gasteiger partial charge is 0.234 e. The van der Waals surface area contributed by atoms with Crippen LogP contribution in [0.5, 0.6) is 0 Å². The van der Waals surface area contributed by atoms with E-state index in [0.717, 1.165) is 13.0 Å². The van der Waals surface area contributed by atoms with E-state index in [-0.39, 0.29) is 5.91 Å². The molecule has 1 atom stereocenters. The quantitative estimate of drug-likeness (QED) is 0.662. The molecular formula is C10H21N3O. The second kappa shape index (κ2) is 5.32. The Morgan fingerprint density at radius 3 is 2.79 bits per heavy atom. The zero-order valence-corrected chi connectivity index (χ0v) is 9.42. The number of carbonyl (C=O) groups is 1. The molecule has 1 N–H and O–H groups in total. The van der Waals surface area contributed by atoms with Crippen molar-refractivity contribution in [1.29, 1.82) is 0 Å². The fraction of sp³-hybridized carbons (Fsp3) is 0.900. The van der Waals surface area contributed by atoms with E-state index in [0.29, 0.717) is 12.3 Å². The van der Waals surface area contributed by atoms with Crippen LogP contribution < -0.4 is 5.43 Å². The van der Waals surface area contributed by atoms with Crippen LogP contribution in [-0.4, -0.2) is 50.0 Å². The topological polar surface area (TPSA) is 35.6 Å². The molecule has 1 aliphatic rings. The van der Waals surface area contributed by atoms with Gasteiger partial charge < -0.3 is 4.90 Å². The molecule has 4 heteroatoms. The van der Waals surface area contributed by atoms with E-state index in [1.54, 1.807) is 5.01 Å². The summed E-state index contributed by atoms with van der Waals surface area (Å²) >= 11 is 0. The van der Waals surface area contributed by atoms with Crippen LogP contribution in [0.3, 0.4) is 0 Å². The van der Waals surface area contributed by atoms with E-state index in [4.69, 9.17) is 0 Å². The van der Waals surface area contributed by atoms with Crippen molar-refractivity contribution in [3.8, 4) is 0 Å². The minimum atomic E-state index is 0.129. The van der Waals surface area contributed by atoms with Gasteiger partial charge in [0.1, 0.15) is 0 Å². The molecule has 0 aromatic heterocycles. The number of hydrogen-bond donors (Lipinski definition) is 1. The van der Waals surface area contributed by atoms with E-state index >= 15 is 0 Å². The van der Waals surface area contributed by atoms with Crippen molar-refractivity contribution in [2.24, 2.45) is 5.92 Å². The molecule has 0 saturated carbocycles. The van der Waals surface area contributed by atoms with E-state index in [9.17, 15) is 4.79 Å². The van der Waals surface area contributed by atoms with Crippen molar-refractivity contribution in [2.75, 3.05) is 34.2 Å². The monoisotopic (exact) mass is 199 g/mol. The van der Waals surface area contributed by atoms with Gasteiger partial charge in [-0.1, -0.05) is 0 Å². The van der Waals surface area contributed by atoms with Crippen molar-refractivity contribution in [3.63, 3.8) is 0 Å². The highest BCUT2D eigenvalue weighted by Crippen LogP contribution is 2.19. The van der Waals surface area contributed by atoms with Gasteiger partial charge in [-0.05, 0) is 32.4 Å². The average Bonchev–Trinajstić information content (AvgIpc) is 2.47. The van der Waals surface area contributed by atoms with Crippen LogP contribution in [0, 0.1) is 5.92 Å². The van der Waals surface area contributed by atoms with E-state index in [1.807, 2.05) is 14.1 Å². The molecule has 0 radical (unpaired) electrons. The second-order valence-electron chi connectivity index (χ2n) is 4.39. The van der Waals surface area contributed by atoms with Crippen LogP contribution in [0.25, 0.3) is 0 Å². The van der Waals surface area contributed by atoms with Crippen molar-refractivity contribution in [3.05, 3.63) is 0 Å². The molecule has 1 saturated heterocycles. The first-order chi connectivity index (χ1) is 6.58. The molecule has 82 valence electrons. The normalized spacial score (nSPS) is 23.0. The van der Waals surface area contributed by atoms with Crippen molar-refractivity contribution in [2.45, 2.75) is 19.3 Å². The highest BCUT2D eigenvalue weighted by Gasteiger charge is 2.19. The third-order valence-corrected chi connectivity index (χ3v) is 2.62. The number of carbonyl (C=O) groups excluding carboxylic acids is 1. The third-order valence-electron chi connectivity index (χ3n) is 2.62. The Morgan fingerprint density at radius 1 is 1.57 bits per heavy atom. The van der Waals surface area contributed by atoms with Gasteiger partial charge in [0.05, 0.1) is 0 Å². The zero-order chi connectivity index (χ0) is 10.6. The summed E-state index contributed by atoms with van der Waals surface area (Å²) in [4.78, 5) is 13.7. The van der Waals surface area contributed by atoms with Crippen LogP contribution in [0.1, 0.15) is 19.3 Å². The maximum atomic E-state index is 11.3. The highest BCUT2D eigenvalue weighted by atomic mass is 16.2. The predicted octanol–water partition coefficient (Wildman–Crippen LogP) is 0.311. The van der Waals surface area contributed by atoms with Gasteiger partial charge in [0, 0.05) is 27.1 Å². The molecule has 0 aromatic carbocycles. The molecule has 1 amide bonds. The molecule has 0 bridgehead atoms. The minimum absolute atomic E-state index is 0.129. The zero-order valence-electron chi connectivity index (χ0n) is 9.42. The third kappa shape index (κ3) is 4.07. The first-order valence-corrected chi connectivity index (χ1v) is 5.23. The summed E-state index contributed by atoms with van der Waals surface area (Å²) in [6.07, 6.45) is 2.91. The van der Waals surface area contributed by atoms with Gasteiger partial charge >= 0.3 is 0 Å². The summed E-state index contributed by atoms with van der Waals surface area (Å²) in [6.45, 7) is 2.33. The fourth-order valence-corrected chi connectivity index (χ4v) is 1.90. The fourth-order valence-electron chi connectivity index (χ4n) is 1.90. The number of rotatable bonds is 4. The van der Waals surface area contributed by atoms with Gasteiger partial charge in [-0.15, -0.1) is 0 Å². The van der Waals surface area contributed by atoms with Gasteiger partial charge in [0.15, 0.2) is 0 Å². The van der Waals surface area contributed by atoms with Crippen LogP contribution in [-0.2, 0) is 4.79 Å². The average molecular weight is 199 g/mol. The Hall–Kier alpha value is -0.610.